The van der Waals surface area contributed by atoms with Crippen molar-refractivity contribution in [2.24, 2.45) is 5.73 Å². The lowest BCUT2D eigenvalue weighted by Crippen LogP contribution is -2.55. The number of primary amides is 1. The molecule has 1 aromatic heterocycles. The number of nitrogens with zero attached hydrogens (tertiary/aromatic N) is 3. The van der Waals surface area contributed by atoms with E-state index < -0.39 is 5.91 Å². The van der Waals surface area contributed by atoms with Crippen LogP contribution in [-0.2, 0) is 0 Å². The van der Waals surface area contributed by atoms with Crippen molar-refractivity contribution in [3.8, 4) is 6.01 Å². The van der Waals surface area contributed by atoms with E-state index in [4.69, 9.17) is 10.5 Å². The van der Waals surface area contributed by atoms with E-state index in [1.54, 1.807) is 0 Å². The molecule has 2 aliphatic rings. The highest BCUT2D eigenvalue weighted by Crippen LogP contribution is 2.38. The van der Waals surface area contributed by atoms with Crippen LogP contribution in [-0.4, -0.2) is 52.1 Å². The fourth-order valence-corrected chi connectivity index (χ4v) is 4.07. The molecule has 3 N–H and O–H groups in total. The van der Waals surface area contributed by atoms with Crippen LogP contribution in [0.1, 0.15) is 49.9 Å². The number of hydrogen-bond donors (Lipinski definition) is 2. The van der Waals surface area contributed by atoms with Gasteiger partial charge in [0, 0.05) is 23.8 Å². The molecule has 2 unspecified atom stereocenters. The molecule has 2 saturated heterocycles. The first-order chi connectivity index (χ1) is 10.9. The normalized spacial score (nSPS) is 26.6. The van der Waals surface area contributed by atoms with Crippen molar-refractivity contribution >= 4 is 11.7 Å². The topological polar surface area (TPSA) is 93.4 Å². The molecule has 0 spiro atoms. The molecule has 0 aromatic carbocycles. The van der Waals surface area contributed by atoms with Gasteiger partial charge in [0.15, 0.2) is 0 Å². The van der Waals surface area contributed by atoms with E-state index in [1.165, 1.54) is 32.7 Å². The molecule has 2 atom stereocenters. The van der Waals surface area contributed by atoms with Gasteiger partial charge in [-0.2, -0.15) is 4.98 Å². The van der Waals surface area contributed by atoms with Gasteiger partial charge < -0.3 is 15.8 Å². The van der Waals surface area contributed by atoms with E-state index in [-0.39, 0.29) is 17.6 Å². The van der Waals surface area contributed by atoms with Crippen molar-refractivity contribution in [1.29, 1.82) is 0 Å². The smallest absolute Gasteiger partial charge is 0.318 e. The van der Waals surface area contributed by atoms with Crippen molar-refractivity contribution in [3.63, 3.8) is 0 Å². The SMILES string of the molecule is COc1ncc(C(N)=O)c(NC2CC3CCCN3C(C)(C)C2)n1. The number of nitrogens with one attached hydrogen (secondary N) is 1. The maximum Gasteiger partial charge on any atom is 0.318 e. The van der Waals surface area contributed by atoms with Crippen LogP contribution in [0.15, 0.2) is 6.20 Å². The van der Waals surface area contributed by atoms with E-state index >= 15 is 0 Å². The number of ether oxygens (including phenoxy) is 1. The van der Waals surface area contributed by atoms with Gasteiger partial charge in [0.1, 0.15) is 11.4 Å². The van der Waals surface area contributed by atoms with Crippen molar-refractivity contribution in [3.05, 3.63) is 11.8 Å². The number of anilines is 1. The summed E-state index contributed by atoms with van der Waals surface area (Å²) in [4.78, 5) is 22.5. The molecule has 7 nitrogen and oxygen atoms in total. The number of methoxy groups -OCH3 is 1. The summed E-state index contributed by atoms with van der Waals surface area (Å²) >= 11 is 0. The number of aromatic nitrogens is 2. The standard InChI is InChI=1S/C16H25N5O2/c1-16(2)8-10(7-11-5-4-6-21(11)16)19-14-12(13(17)22)9-18-15(20-14)23-3/h9-11H,4-8H2,1-3H3,(H2,17,22)(H,18,19,20). The zero-order valence-corrected chi connectivity index (χ0v) is 14.0. The average Bonchev–Trinajstić information content (AvgIpc) is 2.95. The fraction of sp³-hybridized carbons (Fsp3) is 0.688. The second-order valence-electron chi connectivity index (χ2n) is 7.07. The minimum atomic E-state index is -0.535. The number of piperidine rings is 1. The summed E-state index contributed by atoms with van der Waals surface area (Å²) in [6.07, 6.45) is 5.96. The van der Waals surface area contributed by atoms with Gasteiger partial charge in [-0.3, -0.25) is 9.69 Å². The molecule has 0 aliphatic carbocycles. The highest BCUT2D eigenvalue weighted by molar-refractivity contribution is 5.97. The van der Waals surface area contributed by atoms with Gasteiger partial charge in [-0.25, -0.2) is 4.98 Å². The van der Waals surface area contributed by atoms with Gasteiger partial charge in [-0.15, -0.1) is 0 Å². The number of fused-ring (bicyclic) bond motifs is 1. The van der Waals surface area contributed by atoms with Crippen molar-refractivity contribution in [1.82, 2.24) is 14.9 Å². The van der Waals surface area contributed by atoms with Crippen LogP contribution in [0.4, 0.5) is 5.82 Å². The molecule has 0 saturated carbocycles. The zero-order valence-electron chi connectivity index (χ0n) is 14.0. The summed E-state index contributed by atoms with van der Waals surface area (Å²) in [6, 6.07) is 1.08. The Bertz CT molecular complexity index is 604. The second-order valence-corrected chi connectivity index (χ2v) is 7.07. The van der Waals surface area contributed by atoms with Gasteiger partial charge in [0.05, 0.1) is 7.11 Å². The Morgan fingerprint density at radius 2 is 2.30 bits per heavy atom. The van der Waals surface area contributed by atoms with E-state index in [2.05, 4.69) is 34.0 Å². The Morgan fingerprint density at radius 1 is 1.52 bits per heavy atom. The molecule has 2 aliphatic heterocycles. The lowest BCUT2D eigenvalue weighted by atomic mass is 9.84. The number of amides is 1. The molecular formula is C16H25N5O2. The van der Waals surface area contributed by atoms with Crippen LogP contribution in [0.25, 0.3) is 0 Å². The summed E-state index contributed by atoms with van der Waals surface area (Å²) < 4.78 is 5.07. The predicted molar refractivity (Wildman–Crippen MR) is 87.6 cm³/mol. The van der Waals surface area contributed by atoms with Gasteiger partial charge in [-0.05, 0) is 46.1 Å². The highest BCUT2D eigenvalue weighted by atomic mass is 16.5. The van der Waals surface area contributed by atoms with Crippen molar-refractivity contribution in [2.75, 3.05) is 19.0 Å². The Hall–Kier alpha value is -1.89. The number of nitrogens with two attached hydrogens (primary N) is 1. The summed E-state index contributed by atoms with van der Waals surface area (Å²) in [7, 11) is 1.50. The van der Waals surface area contributed by atoms with E-state index in [9.17, 15) is 4.79 Å². The van der Waals surface area contributed by atoms with Gasteiger partial charge in [-0.1, -0.05) is 0 Å². The number of carbonyl (C=O) groups is 1. The zero-order chi connectivity index (χ0) is 16.6. The van der Waals surface area contributed by atoms with Crippen molar-refractivity contribution < 1.29 is 9.53 Å². The second kappa shape index (κ2) is 5.96. The molecule has 1 aromatic rings. The van der Waals surface area contributed by atoms with Crippen molar-refractivity contribution in [2.45, 2.75) is 57.2 Å². The molecule has 0 bridgehead atoms. The maximum atomic E-state index is 11.6. The van der Waals surface area contributed by atoms with Crippen LogP contribution in [0.2, 0.25) is 0 Å². The van der Waals surface area contributed by atoms with Crippen LogP contribution in [0.5, 0.6) is 6.01 Å². The summed E-state index contributed by atoms with van der Waals surface area (Å²) in [5, 5.41) is 3.42. The molecule has 2 fully saturated rings. The van der Waals surface area contributed by atoms with Crippen LogP contribution >= 0.6 is 0 Å². The first-order valence-corrected chi connectivity index (χ1v) is 8.15. The molecular weight excluding hydrogens is 294 g/mol. The Labute approximate surface area is 136 Å². The summed E-state index contributed by atoms with van der Waals surface area (Å²) in [5.74, 6) is -0.0655. The third kappa shape index (κ3) is 3.10. The first kappa shape index (κ1) is 16.0. The van der Waals surface area contributed by atoms with Gasteiger partial charge in [0.2, 0.25) is 0 Å². The third-order valence-electron chi connectivity index (χ3n) is 5.01. The molecule has 0 radical (unpaired) electrons. The number of rotatable bonds is 4. The lowest BCUT2D eigenvalue weighted by molar-refractivity contribution is 0.0501. The summed E-state index contributed by atoms with van der Waals surface area (Å²) in [6.45, 7) is 5.75. The molecule has 3 rings (SSSR count). The monoisotopic (exact) mass is 319 g/mol. The van der Waals surface area contributed by atoms with Gasteiger partial charge >= 0.3 is 6.01 Å². The molecule has 126 valence electrons. The Kier molecular flexibility index (Phi) is 4.14. The number of hydrogen-bond acceptors (Lipinski definition) is 6. The molecule has 3 heterocycles. The average molecular weight is 319 g/mol. The molecule has 1 amide bonds. The minimum absolute atomic E-state index is 0.140. The van der Waals surface area contributed by atoms with Gasteiger partial charge in [0.25, 0.3) is 5.91 Å². The minimum Gasteiger partial charge on any atom is -0.467 e. The highest BCUT2D eigenvalue weighted by Gasteiger charge is 2.43. The van der Waals surface area contributed by atoms with E-state index in [0.717, 1.165) is 12.8 Å². The largest absolute Gasteiger partial charge is 0.467 e. The van der Waals surface area contributed by atoms with Crippen LogP contribution < -0.4 is 15.8 Å². The Balaban J connectivity index is 1.82. The predicted octanol–water partition coefficient (Wildman–Crippen LogP) is 1.40. The fourth-order valence-electron chi connectivity index (χ4n) is 4.07. The molecule has 7 heteroatoms. The summed E-state index contributed by atoms with van der Waals surface area (Å²) in [5.41, 5.74) is 5.89. The van der Waals surface area contributed by atoms with E-state index in [0.29, 0.717) is 17.4 Å². The third-order valence-corrected chi connectivity index (χ3v) is 5.01. The first-order valence-electron chi connectivity index (χ1n) is 8.15. The van der Waals surface area contributed by atoms with E-state index in [1.807, 2.05) is 0 Å². The van der Waals surface area contributed by atoms with Crippen LogP contribution in [0, 0.1) is 0 Å². The Morgan fingerprint density at radius 3 is 3.00 bits per heavy atom. The quantitative estimate of drug-likeness (QED) is 0.871. The number of carbonyl (C=O) groups excluding carboxylic acids is 1. The molecule has 23 heavy (non-hydrogen) atoms. The maximum absolute atomic E-state index is 11.6. The lowest BCUT2D eigenvalue weighted by Gasteiger charge is -2.47. The van der Waals surface area contributed by atoms with Crippen LogP contribution in [0.3, 0.4) is 0 Å².